The van der Waals surface area contributed by atoms with Crippen molar-refractivity contribution in [3.63, 3.8) is 0 Å². The predicted octanol–water partition coefficient (Wildman–Crippen LogP) is 3.74. The van der Waals surface area contributed by atoms with Crippen LogP contribution in [0.4, 0.5) is 0 Å². The summed E-state index contributed by atoms with van der Waals surface area (Å²) >= 11 is 0. The number of aromatic nitrogens is 4. The smallest absolute Gasteiger partial charge is 0.346 e. The molecule has 2 aromatic heterocycles. The SMILES string of the molecule is CCOc1cc(CNCc2ccco2)ccc1Oc1nnnn1-c1ccccc1. The highest BCUT2D eigenvalue weighted by atomic mass is 16.5. The van der Waals surface area contributed by atoms with Crippen LogP contribution < -0.4 is 14.8 Å². The Labute approximate surface area is 168 Å². The molecule has 4 rings (SSSR count). The number of tetrazole rings is 1. The van der Waals surface area contributed by atoms with E-state index >= 15 is 0 Å². The summed E-state index contributed by atoms with van der Waals surface area (Å²) in [5.74, 6) is 2.07. The molecule has 2 aromatic carbocycles. The van der Waals surface area contributed by atoms with Crippen molar-refractivity contribution in [3.8, 4) is 23.2 Å². The quantitative estimate of drug-likeness (QED) is 0.465. The van der Waals surface area contributed by atoms with Crippen LogP contribution in [0.3, 0.4) is 0 Å². The molecule has 29 heavy (non-hydrogen) atoms. The summed E-state index contributed by atoms with van der Waals surface area (Å²) in [4.78, 5) is 0. The van der Waals surface area contributed by atoms with Crippen LogP contribution in [0.5, 0.6) is 17.5 Å². The van der Waals surface area contributed by atoms with Gasteiger partial charge in [-0.2, -0.15) is 4.68 Å². The zero-order chi connectivity index (χ0) is 19.9. The van der Waals surface area contributed by atoms with E-state index in [1.54, 1.807) is 6.26 Å². The van der Waals surface area contributed by atoms with E-state index in [4.69, 9.17) is 13.9 Å². The van der Waals surface area contributed by atoms with Gasteiger partial charge in [-0.15, -0.1) is 0 Å². The maximum Gasteiger partial charge on any atom is 0.346 e. The van der Waals surface area contributed by atoms with Crippen LogP contribution in [0.25, 0.3) is 5.69 Å². The lowest BCUT2D eigenvalue weighted by atomic mass is 10.2. The molecule has 0 atom stereocenters. The van der Waals surface area contributed by atoms with Gasteiger partial charge < -0.3 is 19.2 Å². The first-order valence-corrected chi connectivity index (χ1v) is 9.34. The molecule has 1 N–H and O–H groups in total. The van der Waals surface area contributed by atoms with E-state index in [0.29, 0.717) is 31.2 Å². The highest BCUT2D eigenvalue weighted by molar-refractivity contribution is 5.44. The molecule has 4 aromatic rings. The second-order valence-corrected chi connectivity index (χ2v) is 6.21. The number of ether oxygens (including phenoxy) is 2. The van der Waals surface area contributed by atoms with Gasteiger partial charge >= 0.3 is 6.01 Å². The van der Waals surface area contributed by atoms with Gasteiger partial charge in [0.05, 0.1) is 25.1 Å². The van der Waals surface area contributed by atoms with E-state index in [9.17, 15) is 0 Å². The number of rotatable bonds is 9. The predicted molar refractivity (Wildman–Crippen MR) is 106 cm³/mol. The molecular weight excluding hydrogens is 370 g/mol. The van der Waals surface area contributed by atoms with Gasteiger partial charge in [-0.05, 0) is 59.3 Å². The third-order valence-electron chi connectivity index (χ3n) is 4.16. The van der Waals surface area contributed by atoms with Crippen LogP contribution in [0.15, 0.2) is 71.3 Å². The molecular formula is C21H21N5O3. The Hall–Kier alpha value is -3.65. The Balaban J connectivity index is 1.49. The molecule has 8 heteroatoms. The Kier molecular flexibility index (Phi) is 5.82. The molecule has 8 nitrogen and oxygen atoms in total. The Bertz CT molecular complexity index is 1030. The first kappa shape index (κ1) is 18.7. The first-order valence-electron chi connectivity index (χ1n) is 9.34. The topological polar surface area (TPSA) is 87.2 Å². The summed E-state index contributed by atoms with van der Waals surface area (Å²) in [6, 6.07) is 19.4. The Morgan fingerprint density at radius 2 is 1.90 bits per heavy atom. The van der Waals surface area contributed by atoms with E-state index in [1.807, 2.05) is 67.6 Å². The van der Waals surface area contributed by atoms with Crippen molar-refractivity contribution in [2.45, 2.75) is 20.0 Å². The average molecular weight is 391 g/mol. The first-order chi connectivity index (χ1) is 14.3. The number of benzene rings is 2. The minimum atomic E-state index is 0.265. The Morgan fingerprint density at radius 3 is 2.69 bits per heavy atom. The van der Waals surface area contributed by atoms with Gasteiger partial charge in [0, 0.05) is 6.54 Å². The second kappa shape index (κ2) is 9.03. The lowest BCUT2D eigenvalue weighted by molar-refractivity contribution is 0.315. The number of hydrogen-bond donors (Lipinski definition) is 1. The lowest BCUT2D eigenvalue weighted by Gasteiger charge is -2.13. The van der Waals surface area contributed by atoms with Crippen LogP contribution in [-0.4, -0.2) is 26.8 Å². The molecule has 0 aliphatic carbocycles. The largest absolute Gasteiger partial charge is 0.490 e. The molecule has 0 spiro atoms. The number of nitrogens with zero attached hydrogens (tertiary/aromatic N) is 4. The number of nitrogens with one attached hydrogen (secondary N) is 1. The van der Waals surface area contributed by atoms with Crippen LogP contribution in [0.1, 0.15) is 18.2 Å². The highest BCUT2D eigenvalue weighted by Crippen LogP contribution is 2.32. The van der Waals surface area contributed by atoms with Crippen molar-refractivity contribution in [2.24, 2.45) is 0 Å². The molecule has 0 unspecified atom stereocenters. The van der Waals surface area contributed by atoms with Crippen LogP contribution in [-0.2, 0) is 13.1 Å². The van der Waals surface area contributed by atoms with E-state index in [2.05, 4.69) is 20.8 Å². The van der Waals surface area contributed by atoms with Crippen molar-refractivity contribution in [2.75, 3.05) is 6.61 Å². The molecule has 0 aliphatic rings. The maximum atomic E-state index is 5.97. The fourth-order valence-corrected chi connectivity index (χ4v) is 2.83. The van der Waals surface area contributed by atoms with E-state index in [-0.39, 0.29) is 6.01 Å². The molecule has 0 amide bonds. The second-order valence-electron chi connectivity index (χ2n) is 6.21. The number of hydrogen-bond acceptors (Lipinski definition) is 7. The molecule has 0 saturated heterocycles. The van der Waals surface area contributed by atoms with Crippen molar-refractivity contribution in [3.05, 3.63) is 78.3 Å². The normalized spacial score (nSPS) is 10.8. The summed E-state index contributed by atoms with van der Waals surface area (Å²) in [6.07, 6.45) is 1.67. The van der Waals surface area contributed by atoms with E-state index in [1.165, 1.54) is 4.68 Å². The monoisotopic (exact) mass is 391 g/mol. The van der Waals surface area contributed by atoms with Crippen molar-refractivity contribution < 1.29 is 13.9 Å². The molecule has 2 heterocycles. The third kappa shape index (κ3) is 4.61. The molecule has 0 fully saturated rings. The minimum Gasteiger partial charge on any atom is -0.490 e. The van der Waals surface area contributed by atoms with Gasteiger partial charge in [0.25, 0.3) is 0 Å². The molecule has 0 aliphatic heterocycles. The van der Waals surface area contributed by atoms with E-state index < -0.39 is 0 Å². The highest BCUT2D eigenvalue weighted by Gasteiger charge is 2.14. The maximum absolute atomic E-state index is 5.97. The zero-order valence-electron chi connectivity index (χ0n) is 16.0. The summed E-state index contributed by atoms with van der Waals surface area (Å²) < 4.78 is 18.6. The summed E-state index contributed by atoms with van der Waals surface area (Å²) in [5.41, 5.74) is 1.87. The van der Waals surface area contributed by atoms with E-state index in [0.717, 1.165) is 17.0 Å². The van der Waals surface area contributed by atoms with Gasteiger partial charge in [0.15, 0.2) is 11.5 Å². The number of para-hydroxylation sites is 1. The van der Waals surface area contributed by atoms with Gasteiger partial charge in [-0.1, -0.05) is 29.4 Å². The van der Waals surface area contributed by atoms with Crippen LogP contribution >= 0.6 is 0 Å². The standard InChI is InChI=1S/C21H21N5O3/c1-2-27-20-13-16(14-22-15-18-9-6-12-28-18)10-11-19(20)29-21-23-24-25-26(21)17-7-4-3-5-8-17/h3-13,22H,2,14-15H2,1H3. The summed E-state index contributed by atoms with van der Waals surface area (Å²) in [7, 11) is 0. The molecule has 0 bridgehead atoms. The van der Waals surface area contributed by atoms with Gasteiger partial charge in [0.1, 0.15) is 5.76 Å². The van der Waals surface area contributed by atoms with Crippen molar-refractivity contribution in [1.29, 1.82) is 0 Å². The van der Waals surface area contributed by atoms with Gasteiger partial charge in [-0.3, -0.25) is 0 Å². The number of furan rings is 1. The van der Waals surface area contributed by atoms with Crippen LogP contribution in [0, 0.1) is 0 Å². The third-order valence-corrected chi connectivity index (χ3v) is 4.16. The van der Waals surface area contributed by atoms with Crippen molar-refractivity contribution in [1.82, 2.24) is 25.5 Å². The fraction of sp³-hybridized carbons (Fsp3) is 0.190. The fourth-order valence-electron chi connectivity index (χ4n) is 2.83. The van der Waals surface area contributed by atoms with Gasteiger partial charge in [0.2, 0.25) is 0 Å². The molecule has 0 saturated carbocycles. The Morgan fingerprint density at radius 1 is 1.00 bits per heavy atom. The van der Waals surface area contributed by atoms with Gasteiger partial charge in [-0.25, -0.2) is 0 Å². The molecule has 148 valence electrons. The van der Waals surface area contributed by atoms with Crippen LogP contribution in [0.2, 0.25) is 0 Å². The minimum absolute atomic E-state index is 0.265. The van der Waals surface area contributed by atoms with Crippen molar-refractivity contribution >= 4 is 0 Å². The molecule has 0 radical (unpaired) electrons. The average Bonchev–Trinajstić information content (AvgIpc) is 3.43. The summed E-state index contributed by atoms with van der Waals surface area (Å²) in [5, 5.41) is 15.1. The zero-order valence-corrected chi connectivity index (χ0v) is 16.0. The lowest BCUT2D eigenvalue weighted by Crippen LogP contribution is -2.12. The summed E-state index contributed by atoms with van der Waals surface area (Å²) in [6.45, 7) is 3.77.